The molecular weight excluding hydrogens is 308 g/mol. The summed E-state index contributed by atoms with van der Waals surface area (Å²) in [6.07, 6.45) is -0.881. The highest BCUT2D eigenvalue weighted by molar-refractivity contribution is 6.01. The SMILES string of the molecule is COc1ccc(C(=O)OC(C)C(=O)c2ccc(C)cc2)cc1OC. The van der Waals surface area contributed by atoms with Gasteiger partial charge in [-0.1, -0.05) is 29.8 Å². The zero-order valence-electron chi connectivity index (χ0n) is 14.2. The van der Waals surface area contributed by atoms with Crippen molar-refractivity contribution in [1.82, 2.24) is 0 Å². The van der Waals surface area contributed by atoms with Gasteiger partial charge in [-0.05, 0) is 32.0 Å². The smallest absolute Gasteiger partial charge is 0.338 e. The molecule has 0 aliphatic rings. The van der Waals surface area contributed by atoms with Crippen molar-refractivity contribution in [3.8, 4) is 11.5 Å². The molecule has 5 heteroatoms. The van der Waals surface area contributed by atoms with Crippen LogP contribution >= 0.6 is 0 Å². The predicted octanol–water partition coefficient (Wildman–Crippen LogP) is 3.44. The van der Waals surface area contributed by atoms with E-state index < -0.39 is 12.1 Å². The predicted molar refractivity (Wildman–Crippen MR) is 89.9 cm³/mol. The quantitative estimate of drug-likeness (QED) is 0.600. The second-order valence-corrected chi connectivity index (χ2v) is 5.35. The van der Waals surface area contributed by atoms with Gasteiger partial charge in [-0.2, -0.15) is 0 Å². The van der Waals surface area contributed by atoms with Gasteiger partial charge in [0.2, 0.25) is 5.78 Å². The number of methoxy groups -OCH3 is 2. The Balaban J connectivity index is 2.11. The van der Waals surface area contributed by atoms with Crippen molar-refractivity contribution in [2.45, 2.75) is 20.0 Å². The second-order valence-electron chi connectivity index (χ2n) is 5.35. The maximum atomic E-state index is 12.3. The van der Waals surface area contributed by atoms with Crippen LogP contribution in [0.15, 0.2) is 42.5 Å². The average Bonchev–Trinajstić information content (AvgIpc) is 2.60. The van der Waals surface area contributed by atoms with Crippen molar-refractivity contribution in [1.29, 1.82) is 0 Å². The molecule has 0 fully saturated rings. The zero-order chi connectivity index (χ0) is 17.7. The fourth-order valence-electron chi connectivity index (χ4n) is 2.20. The Kier molecular flexibility index (Phi) is 5.58. The van der Waals surface area contributed by atoms with Crippen LogP contribution in [0.5, 0.6) is 11.5 Å². The zero-order valence-corrected chi connectivity index (χ0v) is 14.2. The third-order valence-corrected chi connectivity index (χ3v) is 3.61. The van der Waals surface area contributed by atoms with Crippen LogP contribution in [0, 0.1) is 6.92 Å². The molecule has 1 atom stereocenters. The van der Waals surface area contributed by atoms with Gasteiger partial charge in [0.25, 0.3) is 0 Å². The number of carbonyl (C=O) groups is 2. The van der Waals surface area contributed by atoms with Crippen molar-refractivity contribution >= 4 is 11.8 Å². The summed E-state index contributed by atoms with van der Waals surface area (Å²) in [6.45, 7) is 3.50. The molecule has 0 N–H and O–H groups in total. The Hall–Kier alpha value is -2.82. The molecule has 0 aromatic heterocycles. The van der Waals surface area contributed by atoms with Crippen LogP contribution in [0.4, 0.5) is 0 Å². The fourth-order valence-corrected chi connectivity index (χ4v) is 2.20. The van der Waals surface area contributed by atoms with E-state index >= 15 is 0 Å². The fraction of sp³-hybridized carbons (Fsp3) is 0.263. The third kappa shape index (κ3) is 3.93. The molecule has 2 rings (SSSR count). The molecule has 2 aromatic carbocycles. The first kappa shape index (κ1) is 17.5. The first-order valence-corrected chi connectivity index (χ1v) is 7.50. The maximum Gasteiger partial charge on any atom is 0.338 e. The molecule has 0 aliphatic heterocycles. The van der Waals surface area contributed by atoms with Crippen LogP contribution in [0.25, 0.3) is 0 Å². The number of ether oxygens (including phenoxy) is 3. The van der Waals surface area contributed by atoms with E-state index in [0.717, 1.165) is 5.56 Å². The maximum absolute atomic E-state index is 12.3. The molecule has 126 valence electrons. The molecule has 0 saturated heterocycles. The highest BCUT2D eigenvalue weighted by Gasteiger charge is 2.21. The molecule has 0 amide bonds. The van der Waals surface area contributed by atoms with E-state index in [1.165, 1.54) is 20.3 Å². The van der Waals surface area contributed by atoms with E-state index in [-0.39, 0.29) is 11.3 Å². The van der Waals surface area contributed by atoms with Gasteiger partial charge in [0.15, 0.2) is 17.6 Å². The Morgan fingerprint density at radius 1 is 0.875 bits per heavy atom. The van der Waals surface area contributed by atoms with Crippen molar-refractivity contribution in [2.24, 2.45) is 0 Å². The Bertz CT molecular complexity index is 734. The van der Waals surface area contributed by atoms with E-state index in [0.29, 0.717) is 17.1 Å². The molecule has 0 aliphatic carbocycles. The minimum Gasteiger partial charge on any atom is -0.493 e. The molecule has 5 nitrogen and oxygen atoms in total. The number of carbonyl (C=O) groups excluding carboxylic acids is 2. The van der Waals surface area contributed by atoms with Crippen LogP contribution in [-0.2, 0) is 4.74 Å². The molecule has 1 unspecified atom stereocenters. The Morgan fingerprint density at radius 2 is 1.46 bits per heavy atom. The minimum atomic E-state index is -0.881. The first-order chi connectivity index (χ1) is 11.5. The molecular formula is C19H20O5. The van der Waals surface area contributed by atoms with E-state index in [1.54, 1.807) is 31.2 Å². The Labute approximate surface area is 141 Å². The summed E-state index contributed by atoms with van der Waals surface area (Å²) < 4.78 is 15.6. The van der Waals surface area contributed by atoms with Gasteiger partial charge in [0.1, 0.15) is 0 Å². The number of rotatable bonds is 6. The van der Waals surface area contributed by atoms with E-state index in [2.05, 4.69) is 0 Å². The van der Waals surface area contributed by atoms with Crippen LogP contribution in [-0.4, -0.2) is 32.1 Å². The lowest BCUT2D eigenvalue weighted by Gasteiger charge is -2.14. The summed E-state index contributed by atoms with van der Waals surface area (Å²) in [4.78, 5) is 24.6. The van der Waals surface area contributed by atoms with Gasteiger partial charge in [0, 0.05) is 5.56 Å². The van der Waals surface area contributed by atoms with Gasteiger partial charge in [-0.15, -0.1) is 0 Å². The molecule has 2 aromatic rings. The normalized spacial score (nSPS) is 11.5. The standard InChI is InChI=1S/C19H20O5/c1-12-5-7-14(8-6-12)18(20)13(2)24-19(21)15-9-10-16(22-3)17(11-15)23-4/h5-11,13H,1-4H3. The molecule has 0 heterocycles. The van der Waals surface area contributed by atoms with Crippen LogP contribution < -0.4 is 9.47 Å². The number of ketones is 1. The number of hydrogen-bond acceptors (Lipinski definition) is 5. The number of Topliss-reactive ketones (excluding diaryl/α,β-unsaturated/α-hetero) is 1. The largest absolute Gasteiger partial charge is 0.493 e. The van der Waals surface area contributed by atoms with E-state index in [9.17, 15) is 9.59 Å². The van der Waals surface area contributed by atoms with Crippen LogP contribution in [0.2, 0.25) is 0 Å². The molecule has 24 heavy (non-hydrogen) atoms. The molecule has 0 saturated carbocycles. The third-order valence-electron chi connectivity index (χ3n) is 3.61. The van der Waals surface area contributed by atoms with Crippen molar-refractivity contribution in [2.75, 3.05) is 14.2 Å². The monoisotopic (exact) mass is 328 g/mol. The van der Waals surface area contributed by atoms with Gasteiger partial charge in [-0.3, -0.25) is 4.79 Å². The number of aryl methyl sites for hydroxylation is 1. The van der Waals surface area contributed by atoms with Gasteiger partial charge in [-0.25, -0.2) is 4.79 Å². The van der Waals surface area contributed by atoms with Crippen LogP contribution in [0.3, 0.4) is 0 Å². The highest BCUT2D eigenvalue weighted by atomic mass is 16.5. The minimum absolute atomic E-state index is 0.246. The lowest BCUT2D eigenvalue weighted by atomic mass is 10.1. The summed E-state index contributed by atoms with van der Waals surface area (Å²) in [5.41, 5.74) is 1.85. The highest BCUT2D eigenvalue weighted by Crippen LogP contribution is 2.28. The number of hydrogen-bond donors (Lipinski definition) is 0. The first-order valence-electron chi connectivity index (χ1n) is 7.50. The number of benzene rings is 2. The number of esters is 1. The lowest BCUT2D eigenvalue weighted by molar-refractivity contribution is 0.0318. The van der Waals surface area contributed by atoms with Crippen molar-refractivity contribution < 1.29 is 23.8 Å². The lowest BCUT2D eigenvalue weighted by Crippen LogP contribution is -2.24. The van der Waals surface area contributed by atoms with Gasteiger partial charge < -0.3 is 14.2 Å². The van der Waals surface area contributed by atoms with E-state index in [1.807, 2.05) is 19.1 Å². The summed E-state index contributed by atoms with van der Waals surface area (Å²) in [7, 11) is 2.99. The topological polar surface area (TPSA) is 61.8 Å². The summed E-state index contributed by atoms with van der Waals surface area (Å²) in [6, 6.07) is 11.8. The van der Waals surface area contributed by atoms with Crippen LogP contribution in [0.1, 0.15) is 33.2 Å². The van der Waals surface area contributed by atoms with Gasteiger partial charge in [0.05, 0.1) is 19.8 Å². The molecule has 0 radical (unpaired) electrons. The summed E-state index contributed by atoms with van der Waals surface area (Å²) >= 11 is 0. The average molecular weight is 328 g/mol. The Morgan fingerprint density at radius 3 is 2.04 bits per heavy atom. The summed E-state index contributed by atoms with van der Waals surface area (Å²) in [5, 5.41) is 0. The molecule has 0 bridgehead atoms. The molecule has 0 spiro atoms. The van der Waals surface area contributed by atoms with Crippen molar-refractivity contribution in [3.63, 3.8) is 0 Å². The van der Waals surface area contributed by atoms with E-state index in [4.69, 9.17) is 14.2 Å². The summed E-state index contributed by atoms with van der Waals surface area (Å²) in [5.74, 6) is 0.0926. The van der Waals surface area contributed by atoms with Gasteiger partial charge >= 0.3 is 5.97 Å². The second kappa shape index (κ2) is 7.64. The van der Waals surface area contributed by atoms with Crippen molar-refractivity contribution in [3.05, 3.63) is 59.2 Å².